The molecular weight excluding hydrogens is 163 g/mol. The van der Waals surface area contributed by atoms with Gasteiger partial charge in [0.25, 0.3) is 0 Å². The molecule has 0 saturated heterocycles. The van der Waals surface area contributed by atoms with Gasteiger partial charge in [0.15, 0.2) is 17.4 Å². The van der Waals surface area contributed by atoms with Crippen LogP contribution in [0, 0.1) is 5.92 Å². The van der Waals surface area contributed by atoms with Crippen LogP contribution in [-0.4, -0.2) is 41.0 Å². The Labute approximate surface area is 75.7 Å². The van der Waals surface area contributed by atoms with Gasteiger partial charge in [-0.3, -0.25) is 0 Å². The van der Waals surface area contributed by atoms with Crippen LogP contribution in [0.25, 0.3) is 0 Å². The van der Waals surface area contributed by atoms with Crippen LogP contribution < -0.4 is 0 Å². The summed E-state index contributed by atoms with van der Waals surface area (Å²) in [6.07, 6.45) is 0. The molecule has 0 atom stereocenters. The van der Waals surface area contributed by atoms with Crippen molar-refractivity contribution >= 4 is 29.3 Å². The summed E-state index contributed by atoms with van der Waals surface area (Å²) in [7, 11) is 0. The first-order valence-corrected chi connectivity index (χ1v) is 2.94. The topological polar surface area (TPSA) is 63.6 Å². The van der Waals surface area contributed by atoms with Crippen molar-refractivity contribution in [3.63, 3.8) is 0 Å². The fourth-order valence-corrected chi connectivity index (χ4v) is 0.304. The third-order valence-corrected chi connectivity index (χ3v) is 0.722. The summed E-state index contributed by atoms with van der Waals surface area (Å²) in [5, 5.41) is 8.02. The van der Waals surface area contributed by atoms with Crippen molar-refractivity contribution < 1.29 is 19.4 Å². The molecule has 0 heterocycles. The second-order valence-corrected chi connectivity index (χ2v) is 2.30. The summed E-state index contributed by atoms with van der Waals surface area (Å²) in [5.74, 6) is -2.56. The zero-order valence-electron chi connectivity index (χ0n) is 5.96. The minimum absolute atomic E-state index is 0. The molecule has 5 heteroatoms. The van der Waals surface area contributed by atoms with E-state index in [4.69, 9.17) is 5.11 Å². The highest BCUT2D eigenvalue weighted by atomic mass is 27.0. The van der Waals surface area contributed by atoms with Gasteiger partial charge in [-0.05, 0) is 5.92 Å². The fraction of sp³-hybridized carbons (Fsp3) is 0.667. The highest BCUT2D eigenvalue weighted by molar-refractivity contribution is 6.28. The largest absolute Gasteiger partial charge is 0.473 e. The number of carboxylic acid groups (broad SMARTS) is 1. The number of ether oxygens (including phenoxy) is 1. The lowest BCUT2D eigenvalue weighted by Crippen LogP contribution is -2.18. The van der Waals surface area contributed by atoms with Gasteiger partial charge >= 0.3 is 11.9 Å². The van der Waals surface area contributed by atoms with E-state index in [-0.39, 0.29) is 29.9 Å². The number of aliphatic carboxylic acids is 1. The molecule has 0 radical (unpaired) electrons. The SMILES string of the molecule is CC(C)COC(=O)C(=O)O.[AlH3]. The zero-order chi connectivity index (χ0) is 8.15. The third-order valence-electron chi connectivity index (χ3n) is 0.722. The number of esters is 1. The molecule has 0 aliphatic heterocycles. The summed E-state index contributed by atoms with van der Waals surface area (Å²) < 4.78 is 4.33. The summed E-state index contributed by atoms with van der Waals surface area (Å²) in [6.45, 7) is 3.81. The fourth-order valence-electron chi connectivity index (χ4n) is 0.304. The number of carbonyl (C=O) groups excluding carboxylic acids is 1. The molecule has 0 aromatic heterocycles. The Kier molecular flexibility index (Phi) is 7.38. The predicted molar refractivity (Wildman–Crippen MR) is 43.4 cm³/mol. The van der Waals surface area contributed by atoms with Gasteiger partial charge in [0.05, 0.1) is 6.61 Å². The van der Waals surface area contributed by atoms with Gasteiger partial charge in [-0.2, -0.15) is 0 Å². The number of rotatable bonds is 2. The first-order valence-electron chi connectivity index (χ1n) is 2.94. The van der Waals surface area contributed by atoms with Gasteiger partial charge < -0.3 is 9.84 Å². The molecule has 0 bridgehead atoms. The summed E-state index contributed by atoms with van der Waals surface area (Å²) in [4.78, 5) is 20.1. The first kappa shape index (κ1) is 13.1. The highest BCUT2D eigenvalue weighted by Crippen LogP contribution is 1.92. The number of hydrogen-bond acceptors (Lipinski definition) is 3. The van der Waals surface area contributed by atoms with Gasteiger partial charge in [0.2, 0.25) is 0 Å². The smallest absolute Gasteiger partial charge is 0.417 e. The van der Waals surface area contributed by atoms with Crippen LogP contribution in [0.5, 0.6) is 0 Å². The Morgan fingerprint density at radius 3 is 2.18 bits per heavy atom. The Balaban J connectivity index is 0. The van der Waals surface area contributed by atoms with Gasteiger partial charge in [-0.25, -0.2) is 9.59 Å². The number of hydrogen-bond donors (Lipinski definition) is 1. The second kappa shape index (κ2) is 6.20. The predicted octanol–water partition coefficient (Wildman–Crippen LogP) is -0.914. The van der Waals surface area contributed by atoms with Crippen molar-refractivity contribution in [2.45, 2.75) is 13.8 Å². The van der Waals surface area contributed by atoms with E-state index >= 15 is 0 Å². The highest BCUT2D eigenvalue weighted by Gasteiger charge is 2.12. The molecule has 1 N–H and O–H groups in total. The maximum absolute atomic E-state index is 10.2. The lowest BCUT2D eigenvalue weighted by atomic mass is 10.2. The van der Waals surface area contributed by atoms with E-state index in [0.29, 0.717) is 0 Å². The van der Waals surface area contributed by atoms with E-state index in [1.807, 2.05) is 13.8 Å². The minimum atomic E-state index is -1.54. The molecule has 0 spiro atoms. The van der Waals surface area contributed by atoms with Crippen LogP contribution in [0.1, 0.15) is 13.8 Å². The van der Waals surface area contributed by atoms with E-state index in [0.717, 1.165) is 0 Å². The maximum Gasteiger partial charge on any atom is 0.417 e. The molecule has 0 unspecified atom stereocenters. The van der Waals surface area contributed by atoms with E-state index in [9.17, 15) is 9.59 Å². The maximum atomic E-state index is 10.2. The van der Waals surface area contributed by atoms with Crippen LogP contribution in [0.3, 0.4) is 0 Å². The molecule has 0 rings (SSSR count). The number of carbonyl (C=O) groups is 2. The molecule has 0 amide bonds. The number of carboxylic acids is 1. The molecule has 4 nitrogen and oxygen atoms in total. The lowest BCUT2D eigenvalue weighted by Gasteiger charge is -2.02. The van der Waals surface area contributed by atoms with Crippen LogP contribution >= 0.6 is 0 Å². The van der Waals surface area contributed by atoms with Crippen molar-refractivity contribution in [1.29, 1.82) is 0 Å². The van der Waals surface area contributed by atoms with Crippen molar-refractivity contribution in [2.75, 3.05) is 6.61 Å². The van der Waals surface area contributed by atoms with Crippen LogP contribution in [0.4, 0.5) is 0 Å². The van der Waals surface area contributed by atoms with Crippen LogP contribution in [0.2, 0.25) is 0 Å². The van der Waals surface area contributed by atoms with Crippen LogP contribution in [0.15, 0.2) is 0 Å². The standard InChI is InChI=1S/C6H10O4.Al.3H/c1-4(2)3-10-6(9)5(7)8;;;;/h4H,3H2,1-2H3,(H,7,8);;;;. The Hall–Kier alpha value is -0.528. The molecule has 0 aliphatic rings. The Bertz CT molecular complexity index is 144. The lowest BCUT2D eigenvalue weighted by molar-refractivity contribution is -0.164. The van der Waals surface area contributed by atoms with Gasteiger partial charge in [-0.1, -0.05) is 13.8 Å². The van der Waals surface area contributed by atoms with Crippen molar-refractivity contribution in [3.05, 3.63) is 0 Å². The molecule has 0 aromatic carbocycles. The van der Waals surface area contributed by atoms with Gasteiger partial charge in [0, 0.05) is 0 Å². The zero-order valence-corrected chi connectivity index (χ0v) is 5.96. The minimum Gasteiger partial charge on any atom is -0.473 e. The molecule has 0 fully saturated rings. The quantitative estimate of drug-likeness (QED) is 0.336. The summed E-state index contributed by atoms with van der Waals surface area (Å²) >= 11 is 0. The van der Waals surface area contributed by atoms with E-state index < -0.39 is 11.9 Å². The van der Waals surface area contributed by atoms with E-state index in [1.165, 1.54) is 0 Å². The molecule has 0 saturated carbocycles. The van der Waals surface area contributed by atoms with Crippen molar-refractivity contribution in [1.82, 2.24) is 0 Å². The molecule has 0 aromatic rings. The molecule has 11 heavy (non-hydrogen) atoms. The first-order chi connectivity index (χ1) is 4.54. The summed E-state index contributed by atoms with van der Waals surface area (Å²) in [5.41, 5.74) is 0. The van der Waals surface area contributed by atoms with Crippen molar-refractivity contribution in [3.8, 4) is 0 Å². The van der Waals surface area contributed by atoms with Crippen LogP contribution in [-0.2, 0) is 14.3 Å². The molecular formula is C6H13AlO4. The monoisotopic (exact) mass is 176 g/mol. The summed E-state index contributed by atoms with van der Waals surface area (Å²) in [6, 6.07) is 0. The average molecular weight is 176 g/mol. The Morgan fingerprint density at radius 2 is 1.91 bits per heavy atom. The van der Waals surface area contributed by atoms with E-state index in [1.54, 1.807) is 0 Å². The Morgan fingerprint density at radius 1 is 1.45 bits per heavy atom. The molecule has 64 valence electrons. The van der Waals surface area contributed by atoms with Crippen molar-refractivity contribution in [2.24, 2.45) is 5.92 Å². The average Bonchev–Trinajstić information content (AvgIpc) is 1.82. The second-order valence-electron chi connectivity index (χ2n) is 2.30. The third kappa shape index (κ3) is 7.37. The van der Waals surface area contributed by atoms with Gasteiger partial charge in [-0.15, -0.1) is 0 Å². The normalized spacial score (nSPS) is 8.64. The van der Waals surface area contributed by atoms with E-state index in [2.05, 4.69) is 4.74 Å². The molecule has 0 aliphatic carbocycles. The van der Waals surface area contributed by atoms with Gasteiger partial charge in [0.1, 0.15) is 0 Å².